The van der Waals surface area contributed by atoms with E-state index in [1.54, 1.807) is 25.1 Å². The number of nitrogens with zero attached hydrogens (tertiary/aromatic N) is 2. The summed E-state index contributed by atoms with van der Waals surface area (Å²) in [4.78, 5) is 22.1. The van der Waals surface area contributed by atoms with Crippen LogP contribution >= 0.6 is 0 Å². The lowest BCUT2D eigenvalue weighted by atomic mass is 10.2. The zero-order chi connectivity index (χ0) is 14.5. The zero-order valence-electron chi connectivity index (χ0n) is 10.6. The molecule has 0 atom stereocenters. The summed E-state index contributed by atoms with van der Waals surface area (Å²) in [6.07, 6.45) is 1.48. The molecule has 1 aromatic carbocycles. The molecule has 0 spiro atoms. The van der Waals surface area contributed by atoms with E-state index in [-0.39, 0.29) is 11.3 Å². The Hall–Kier alpha value is -2.96. The van der Waals surface area contributed by atoms with Crippen LogP contribution in [0.4, 0.5) is 5.69 Å². The van der Waals surface area contributed by atoms with Crippen molar-refractivity contribution in [2.45, 2.75) is 6.92 Å². The van der Waals surface area contributed by atoms with E-state index < -0.39 is 10.8 Å². The third-order valence-electron chi connectivity index (χ3n) is 2.55. The van der Waals surface area contributed by atoms with Crippen LogP contribution in [0.5, 0.6) is 0 Å². The predicted molar refractivity (Wildman–Crippen MR) is 71.5 cm³/mol. The van der Waals surface area contributed by atoms with Crippen molar-refractivity contribution in [2.24, 2.45) is 5.10 Å². The number of nitro benzene ring substituents is 1. The number of nitro groups is 1. The van der Waals surface area contributed by atoms with Crippen molar-refractivity contribution in [1.82, 2.24) is 5.43 Å². The monoisotopic (exact) mass is 273 g/mol. The number of nitrogens with one attached hydrogen (secondary N) is 1. The number of hydrogen-bond donors (Lipinski definition) is 1. The van der Waals surface area contributed by atoms with Crippen LogP contribution in [0.15, 0.2) is 52.2 Å². The fraction of sp³-hybridized carbons (Fsp3) is 0.0769. The van der Waals surface area contributed by atoms with Crippen LogP contribution in [-0.2, 0) is 0 Å². The number of amides is 1. The molecular formula is C13H11N3O4. The van der Waals surface area contributed by atoms with Crippen molar-refractivity contribution >= 4 is 17.3 Å². The first-order valence-corrected chi connectivity index (χ1v) is 5.71. The number of hydrazone groups is 1. The molecule has 1 amide bonds. The van der Waals surface area contributed by atoms with Gasteiger partial charge in [-0.3, -0.25) is 14.9 Å². The average Bonchev–Trinajstić information content (AvgIpc) is 2.98. The second-order valence-electron chi connectivity index (χ2n) is 3.89. The minimum absolute atomic E-state index is 0.0477. The van der Waals surface area contributed by atoms with Gasteiger partial charge in [0.1, 0.15) is 17.0 Å². The van der Waals surface area contributed by atoms with Crippen LogP contribution in [0.2, 0.25) is 0 Å². The summed E-state index contributed by atoms with van der Waals surface area (Å²) >= 11 is 0. The van der Waals surface area contributed by atoms with Crippen molar-refractivity contribution in [2.75, 3.05) is 0 Å². The second-order valence-corrected chi connectivity index (χ2v) is 3.89. The van der Waals surface area contributed by atoms with Crippen LogP contribution in [0, 0.1) is 10.1 Å². The van der Waals surface area contributed by atoms with Gasteiger partial charge in [-0.25, -0.2) is 5.43 Å². The highest BCUT2D eigenvalue weighted by molar-refractivity contribution is 6.00. The molecular weight excluding hydrogens is 262 g/mol. The Balaban J connectivity index is 2.17. The first-order valence-electron chi connectivity index (χ1n) is 5.71. The molecule has 7 nitrogen and oxygen atoms in total. The van der Waals surface area contributed by atoms with Gasteiger partial charge < -0.3 is 4.42 Å². The van der Waals surface area contributed by atoms with Gasteiger partial charge in [-0.2, -0.15) is 5.10 Å². The van der Waals surface area contributed by atoms with Crippen LogP contribution in [-0.4, -0.2) is 16.5 Å². The zero-order valence-corrected chi connectivity index (χ0v) is 10.6. The number of hydrogen-bond acceptors (Lipinski definition) is 5. The first-order chi connectivity index (χ1) is 9.59. The number of carbonyl (C=O) groups is 1. The summed E-state index contributed by atoms with van der Waals surface area (Å²) in [7, 11) is 0. The maximum absolute atomic E-state index is 11.9. The number of rotatable bonds is 4. The summed E-state index contributed by atoms with van der Waals surface area (Å²) in [5.74, 6) is -0.143. The Morgan fingerprint density at radius 1 is 1.30 bits per heavy atom. The van der Waals surface area contributed by atoms with Gasteiger partial charge in [0.25, 0.3) is 11.6 Å². The lowest BCUT2D eigenvalue weighted by molar-refractivity contribution is -0.385. The lowest BCUT2D eigenvalue weighted by Crippen LogP contribution is -2.20. The summed E-state index contributed by atoms with van der Waals surface area (Å²) in [5, 5.41) is 14.7. The largest absolute Gasteiger partial charge is 0.463 e. The Kier molecular flexibility index (Phi) is 3.90. The molecule has 7 heteroatoms. The highest BCUT2D eigenvalue weighted by atomic mass is 16.6. The number of furan rings is 1. The van der Waals surface area contributed by atoms with Gasteiger partial charge in [0, 0.05) is 6.07 Å². The topological polar surface area (TPSA) is 97.7 Å². The lowest BCUT2D eigenvalue weighted by Gasteiger charge is -2.02. The molecule has 2 rings (SSSR count). The number of para-hydroxylation sites is 1. The molecule has 0 saturated carbocycles. The molecule has 20 heavy (non-hydrogen) atoms. The van der Waals surface area contributed by atoms with Gasteiger partial charge >= 0.3 is 0 Å². The highest BCUT2D eigenvalue weighted by Crippen LogP contribution is 2.17. The Labute approximate surface area is 114 Å². The standard InChI is InChI=1S/C13H11N3O4/c1-9(12-7-4-8-20-12)14-15-13(17)10-5-2-3-6-11(10)16(18)19/h2-8H,1H3,(H,15,17)/b14-9+. The number of benzene rings is 1. The molecule has 0 radical (unpaired) electrons. The van der Waals surface area contributed by atoms with E-state index in [9.17, 15) is 14.9 Å². The van der Waals surface area contributed by atoms with Crippen molar-refractivity contribution in [1.29, 1.82) is 0 Å². The van der Waals surface area contributed by atoms with Crippen LogP contribution in [0.1, 0.15) is 23.0 Å². The van der Waals surface area contributed by atoms with E-state index in [1.807, 2.05) is 0 Å². The minimum atomic E-state index is -0.650. The van der Waals surface area contributed by atoms with E-state index in [2.05, 4.69) is 10.5 Å². The van der Waals surface area contributed by atoms with E-state index in [0.717, 1.165) is 0 Å². The Bertz CT molecular complexity index is 662. The van der Waals surface area contributed by atoms with E-state index in [0.29, 0.717) is 11.5 Å². The smallest absolute Gasteiger partial charge is 0.282 e. The van der Waals surface area contributed by atoms with E-state index in [4.69, 9.17) is 4.42 Å². The quantitative estimate of drug-likeness (QED) is 0.525. The molecule has 2 aromatic rings. The summed E-state index contributed by atoms with van der Waals surface area (Å²) in [5.41, 5.74) is 2.41. The third kappa shape index (κ3) is 2.89. The fourth-order valence-corrected chi connectivity index (χ4v) is 1.56. The molecule has 0 saturated heterocycles. The molecule has 0 fully saturated rings. The van der Waals surface area contributed by atoms with Gasteiger partial charge in [-0.15, -0.1) is 0 Å². The predicted octanol–water partition coefficient (Wildman–Crippen LogP) is 2.34. The van der Waals surface area contributed by atoms with Crippen LogP contribution in [0.25, 0.3) is 0 Å². The molecule has 0 aliphatic rings. The SMILES string of the molecule is C/C(=N\NC(=O)c1ccccc1[N+](=O)[O-])c1ccco1. The molecule has 0 bridgehead atoms. The average molecular weight is 273 g/mol. The molecule has 0 aliphatic heterocycles. The minimum Gasteiger partial charge on any atom is -0.463 e. The van der Waals surface area contributed by atoms with Crippen molar-refractivity contribution < 1.29 is 14.1 Å². The van der Waals surface area contributed by atoms with Crippen molar-refractivity contribution in [3.8, 4) is 0 Å². The summed E-state index contributed by atoms with van der Waals surface area (Å²) in [6, 6.07) is 9.05. The second kappa shape index (κ2) is 5.79. The first kappa shape index (κ1) is 13.5. The van der Waals surface area contributed by atoms with E-state index in [1.165, 1.54) is 24.5 Å². The molecule has 1 heterocycles. The maximum atomic E-state index is 11.9. The van der Waals surface area contributed by atoms with Gasteiger partial charge in [-0.1, -0.05) is 12.1 Å². The van der Waals surface area contributed by atoms with Crippen molar-refractivity contribution in [3.05, 3.63) is 64.1 Å². The summed E-state index contributed by atoms with van der Waals surface area (Å²) < 4.78 is 5.10. The van der Waals surface area contributed by atoms with Crippen LogP contribution in [0.3, 0.4) is 0 Å². The third-order valence-corrected chi connectivity index (χ3v) is 2.55. The Morgan fingerprint density at radius 3 is 2.70 bits per heavy atom. The van der Waals surface area contributed by atoms with Gasteiger partial charge in [-0.05, 0) is 25.1 Å². The van der Waals surface area contributed by atoms with Crippen molar-refractivity contribution in [3.63, 3.8) is 0 Å². The molecule has 0 unspecified atom stereocenters. The highest BCUT2D eigenvalue weighted by Gasteiger charge is 2.18. The van der Waals surface area contributed by atoms with Crippen LogP contribution < -0.4 is 5.43 Å². The maximum Gasteiger partial charge on any atom is 0.282 e. The van der Waals surface area contributed by atoms with Gasteiger partial charge in [0.2, 0.25) is 0 Å². The molecule has 1 aromatic heterocycles. The van der Waals surface area contributed by atoms with Gasteiger partial charge in [0.05, 0.1) is 11.2 Å². The molecule has 1 N–H and O–H groups in total. The fourth-order valence-electron chi connectivity index (χ4n) is 1.56. The Morgan fingerprint density at radius 2 is 2.05 bits per heavy atom. The molecule has 0 aliphatic carbocycles. The normalized spacial score (nSPS) is 11.2. The molecule has 102 valence electrons. The van der Waals surface area contributed by atoms with E-state index >= 15 is 0 Å². The summed E-state index contributed by atoms with van der Waals surface area (Å²) in [6.45, 7) is 1.65. The van der Waals surface area contributed by atoms with Gasteiger partial charge in [0.15, 0.2) is 0 Å². The number of carbonyl (C=O) groups excluding carboxylic acids is 1.